The first-order chi connectivity index (χ1) is 9.06. The van der Waals surface area contributed by atoms with Gasteiger partial charge >= 0.3 is 5.97 Å². The first kappa shape index (κ1) is 16.4. The number of unbranched alkanes of at least 4 members (excludes halogenated alkanes) is 1. The zero-order chi connectivity index (χ0) is 14.1. The quantitative estimate of drug-likeness (QED) is 0.570. The molecule has 0 aromatic heterocycles. The Morgan fingerprint density at radius 3 is 2.42 bits per heavy atom. The Morgan fingerprint density at radius 2 is 1.84 bits per heavy atom. The number of carbonyl (C=O) groups excluding carboxylic acids is 1. The monoisotopic (exact) mass is 270 g/mol. The fourth-order valence-corrected chi connectivity index (χ4v) is 2.59. The second kappa shape index (κ2) is 8.54. The Kier molecular flexibility index (Phi) is 7.39. The zero-order valence-corrected chi connectivity index (χ0v) is 12.6. The minimum Gasteiger partial charge on any atom is -0.465 e. The summed E-state index contributed by atoms with van der Waals surface area (Å²) in [7, 11) is 0. The molecule has 1 atom stereocenters. The minimum atomic E-state index is -0.825. The largest absolute Gasteiger partial charge is 0.465 e. The van der Waals surface area contributed by atoms with Crippen molar-refractivity contribution in [1.82, 2.24) is 4.90 Å². The molecule has 2 N–H and O–H groups in total. The Labute approximate surface area is 117 Å². The number of carbonyl (C=O) groups is 1. The predicted octanol–water partition coefficient (Wildman–Crippen LogP) is 2.31. The second-order valence-electron chi connectivity index (χ2n) is 5.85. The topological polar surface area (TPSA) is 55.6 Å². The van der Waals surface area contributed by atoms with E-state index in [1.807, 2.05) is 6.92 Å². The fraction of sp³-hybridized carbons (Fsp3) is 0.933. The molecular weight excluding hydrogens is 240 g/mol. The summed E-state index contributed by atoms with van der Waals surface area (Å²) >= 11 is 0. The van der Waals surface area contributed by atoms with Gasteiger partial charge in [0.05, 0.1) is 6.61 Å². The Hall–Kier alpha value is -0.610. The molecule has 1 aliphatic heterocycles. The molecule has 0 spiro atoms. The van der Waals surface area contributed by atoms with Gasteiger partial charge in [0.25, 0.3) is 0 Å². The van der Waals surface area contributed by atoms with E-state index >= 15 is 0 Å². The number of ether oxygens (including phenoxy) is 1. The maximum absolute atomic E-state index is 11.6. The number of esters is 1. The van der Waals surface area contributed by atoms with Crippen LogP contribution in [0.25, 0.3) is 0 Å². The van der Waals surface area contributed by atoms with E-state index in [9.17, 15) is 4.79 Å². The van der Waals surface area contributed by atoms with E-state index in [1.54, 1.807) is 6.92 Å². The zero-order valence-electron chi connectivity index (χ0n) is 12.6. The lowest BCUT2D eigenvalue weighted by Crippen LogP contribution is -2.46. The van der Waals surface area contributed by atoms with E-state index in [-0.39, 0.29) is 5.97 Å². The van der Waals surface area contributed by atoms with E-state index in [1.165, 1.54) is 38.8 Å². The van der Waals surface area contributed by atoms with E-state index < -0.39 is 5.54 Å². The van der Waals surface area contributed by atoms with Crippen LogP contribution in [-0.2, 0) is 9.53 Å². The van der Waals surface area contributed by atoms with Crippen molar-refractivity contribution in [2.24, 2.45) is 5.73 Å². The van der Waals surface area contributed by atoms with Crippen LogP contribution < -0.4 is 5.73 Å². The van der Waals surface area contributed by atoms with Crippen LogP contribution in [0.15, 0.2) is 0 Å². The first-order valence-electron chi connectivity index (χ1n) is 7.74. The molecule has 1 heterocycles. The summed E-state index contributed by atoms with van der Waals surface area (Å²) in [4.78, 5) is 14.2. The Balaban J connectivity index is 2.16. The molecule has 0 aromatic rings. The highest BCUT2D eigenvalue weighted by molar-refractivity contribution is 5.79. The third kappa shape index (κ3) is 6.39. The van der Waals surface area contributed by atoms with E-state index in [0.29, 0.717) is 13.0 Å². The summed E-state index contributed by atoms with van der Waals surface area (Å²) in [5, 5.41) is 0. The molecule has 1 fully saturated rings. The average Bonchev–Trinajstić information content (AvgIpc) is 2.63. The molecule has 0 aromatic carbocycles. The highest BCUT2D eigenvalue weighted by atomic mass is 16.5. The molecule has 0 aliphatic carbocycles. The van der Waals surface area contributed by atoms with Crippen molar-refractivity contribution in [2.75, 3.05) is 26.2 Å². The number of nitrogens with zero attached hydrogens (tertiary/aromatic N) is 1. The molecule has 0 saturated carbocycles. The lowest BCUT2D eigenvalue weighted by atomic mass is 9.96. The van der Waals surface area contributed by atoms with Gasteiger partial charge < -0.3 is 15.4 Å². The molecule has 1 unspecified atom stereocenters. The molecule has 4 nitrogen and oxygen atoms in total. The van der Waals surface area contributed by atoms with E-state index in [2.05, 4.69) is 4.90 Å². The van der Waals surface area contributed by atoms with E-state index in [0.717, 1.165) is 19.4 Å². The van der Waals surface area contributed by atoms with Gasteiger partial charge in [-0.25, -0.2) is 0 Å². The molecule has 1 rings (SSSR count). The molecule has 4 heteroatoms. The van der Waals surface area contributed by atoms with Crippen LogP contribution in [0.1, 0.15) is 58.8 Å². The maximum atomic E-state index is 11.6. The normalized spacial score (nSPS) is 20.6. The van der Waals surface area contributed by atoms with Gasteiger partial charge in [0.15, 0.2) is 0 Å². The highest BCUT2D eigenvalue weighted by Gasteiger charge is 2.29. The maximum Gasteiger partial charge on any atom is 0.325 e. The number of nitrogens with two attached hydrogens (primary N) is 1. The minimum absolute atomic E-state index is 0.273. The van der Waals surface area contributed by atoms with Crippen LogP contribution in [0.2, 0.25) is 0 Å². The van der Waals surface area contributed by atoms with Gasteiger partial charge in [0.2, 0.25) is 0 Å². The fourth-order valence-electron chi connectivity index (χ4n) is 2.59. The van der Waals surface area contributed by atoms with Crippen molar-refractivity contribution in [3.8, 4) is 0 Å². The Bertz CT molecular complexity index is 259. The van der Waals surface area contributed by atoms with Crippen LogP contribution in [0.4, 0.5) is 0 Å². The standard InChI is InChI=1S/C15H30N2O2/c1-3-19-14(18)15(2,16)10-6-9-13-17-11-7-4-5-8-12-17/h3-13,16H2,1-2H3. The van der Waals surface area contributed by atoms with Crippen molar-refractivity contribution < 1.29 is 9.53 Å². The van der Waals surface area contributed by atoms with Crippen LogP contribution in [0, 0.1) is 0 Å². The SMILES string of the molecule is CCOC(=O)C(C)(N)CCCCN1CCCCCC1. The van der Waals surface area contributed by atoms with Crippen LogP contribution in [-0.4, -0.2) is 42.6 Å². The lowest BCUT2D eigenvalue weighted by Gasteiger charge is -2.23. The summed E-state index contributed by atoms with van der Waals surface area (Å²) in [6, 6.07) is 0. The number of hydrogen-bond acceptors (Lipinski definition) is 4. The third-order valence-electron chi connectivity index (χ3n) is 3.86. The van der Waals surface area contributed by atoms with Crippen molar-refractivity contribution in [2.45, 2.75) is 64.3 Å². The third-order valence-corrected chi connectivity index (χ3v) is 3.86. The van der Waals surface area contributed by atoms with Crippen molar-refractivity contribution in [3.05, 3.63) is 0 Å². The first-order valence-corrected chi connectivity index (χ1v) is 7.74. The van der Waals surface area contributed by atoms with Gasteiger partial charge in [-0.2, -0.15) is 0 Å². The number of hydrogen-bond donors (Lipinski definition) is 1. The van der Waals surface area contributed by atoms with Crippen LogP contribution >= 0.6 is 0 Å². The molecule has 1 saturated heterocycles. The van der Waals surface area contributed by atoms with Crippen molar-refractivity contribution >= 4 is 5.97 Å². The molecule has 19 heavy (non-hydrogen) atoms. The summed E-state index contributed by atoms with van der Waals surface area (Å²) in [5.74, 6) is -0.273. The van der Waals surface area contributed by atoms with Gasteiger partial charge in [-0.3, -0.25) is 4.79 Å². The molecule has 1 aliphatic rings. The Morgan fingerprint density at radius 1 is 1.21 bits per heavy atom. The summed E-state index contributed by atoms with van der Waals surface area (Å²) in [6.07, 6.45) is 8.23. The second-order valence-corrected chi connectivity index (χ2v) is 5.85. The summed E-state index contributed by atoms with van der Waals surface area (Å²) in [5.41, 5.74) is 5.18. The van der Waals surface area contributed by atoms with Crippen LogP contribution in [0.5, 0.6) is 0 Å². The number of rotatable bonds is 7. The van der Waals surface area contributed by atoms with Gasteiger partial charge in [-0.15, -0.1) is 0 Å². The number of likely N-dealkylation sites (tertiary alicyclic amines) is 1. The van der Waals surface area contributed by atoms with Gasteiger partial charge in [-0.1, -0.05) is 12.8 Å². The average molecular weight is 270 g/mol. The van der Waals surface area contributed by atoms with Gasteiger partial charge in [0.1, 0.15) is 5.54 Å². The van der Waals surface area contributed by atoms with E-state index in [4.69, 9.17) is 10.5 Å². The molecular formula is C15H30N2O2. The molecule has 112 valence electrons. The molecule has 0 radical (unpaired) electrons. The van der Waals surface area contributed by atoms with Crippen LogP contribution in [0.3, 0.4) is 0 Å². The lowest BCUT2D eigenvalue weighted by molar-refractivity contribution is -0.149. The van der Waals surface area contributed by atoms with Gasteiger partial charge in [0, 0.05) is 0 Å². The van der Waals surface area contributed by atoms with Crippen molar-refractivity contribution in [1.29, 1.82) is 0 Å². The molecule has 0 amide bonds. The summed E-state index contributed by atoms with van der Waals surface area (Å²) in [6.45, 7) is 7.60. The van der Waals surface area contributed by atoms with Gasteiger partial charge in [-0.05, 0) is 65.6 Å². The smallest absolute Gasteiger partial charge is 0.325 e. The predicted molar refractivity (Wildman–Crippen MR) is 78.0 cm³/mol. The van der Waals surface area contributed by atoms with Crippen molar-refractivity contribution in [3.63, 3.8) is 0 Å². The molecule has 0 bridgehead atoms. The highest BCUT2D eigenvalue weighted by Crippen LogP contribution is 2.15. The summed E-state index contributed by atoms with van der Waals surface area (Å²) < 4.78 is 5.00.